The molecule has 0 bridgehead atoms. The van der Waals surface area contributed by atoms with E-state index in [1.807, 2.05) is 18.4 Å². The molecule has 1 aliphatic rings. The summed E-state index contributed by atoms with van der Waals surface area (Å²) < 4.78 is 5.72. The van der Waals surface area contributed by atoms with Crippen molar-refractivity contribution < 1.29 is 4.42 Å². The first-order valence-corrected chi connectivity index (χ1v) is 7.13. The van der Waals surface area contributed by atoms with Crippen LogP contribution in [0.4, 0.5) is 0 Å². The zero-order valence-electron chi connectivity index (χ0n) is 11.7. The highest BCUT2D eigenvalue weighted by atomic mass is 16.3. The number of piperidine rings is 1. The van der Waals surface area contributed by atoms with Gasteiger partial charge in [0.05, 0.1) is 12.3 Å². The first-order chi connectivity index (χ1) is 9.27. The molecular formula is C16H22N2O. The van der Waals surface area contributed by atoms with Crippen LogP contribution in [0.15, 0.2) is 34.9 Å². The molecule has 19 heavy (non-hydrogen) atoms. The molecule has 1 aromatic carbocycles. The molecule has 3 rings (SSSR count). The molecule has 3 heteroatoms. The Kier molecular flexibility index (Phi) is 3.58. The smallest absolute Gasteiger partial charge is 0.134 e. The third kappa shape index (κ3) is 2.40. The molecule has 1 aromatic heterocycles. The molecule has 0 radical (unpaired) electrons. The normalized spacial score (nSPS) is 21.9. The van der Waals surface area contributed by atoms with Gasteiger partial charge in [0.2, 0.25) is 0 Å². The predicted octanol–water partition coefficient (Wildman–Crippen LogP) is 3.18. The molecule has 102 valence electrons. The molecule has 3 nitrogen and oxygen atoms in total. The second kappa shape index (κ2) is 5.35. The molecule has 2 aromatic rings. The van der Waals surface area contributed by atoms with E-state index in [0.717, 1.165) is 12.1 Å². The molecule has 2 unspecified atom stereocenters. The Morgan fingerprint density at radius 3 is 2.84 bits per heavy atom. The van der Waals surface area contributed by atoms with Gasteiger partial charge in [-0.25, -0.2) is 0 Å². The Labute approximate surface area is 114 Å². The number of furan rings is 1. The van der Waals surface area contributed by atoms with Crippen molar-refractivity contribution in [1.29, 1.82) is 0 Å². The fraction of sp³-hybridized carbons (Fsp3) is 0.500. The van der Waals surface area contributed by atoms with Crippen LogP contribution in [0.2, 0.25) is 0 Å². The molecule has 0 amide bonds. The molecule has 1 N–H and O–H groups in total. The Morgan fingerprint density at radius 2 is 2.11 bits per heavy atom. The van der Waals surface area contributed by atoms with Crippen molar-refractivity contribution in [3.8, 4) is 0 Å². The number of benzene rings is 1. The van der Waals surface area contributed by atoms with Crippen LogP contribution < -0.4 is 5.32 Å². The van der Waals surface area contributed by atoms with Crippen LogP contribution in [-0.4, -0.2) is 31.6 Å². The molecule has 1 aliphatic heterocycles. The van der Waals surface area contributed by atoms with Crippen LogP contribution in [0, 0.1) is 0 Å². The number of nitrogens with zero attached hydrogens (tertiary/aromatic N) is 1. The summed E-state index contributed by atoms with van der Waals surface area (Å²) in [6.45, 7) is 1.13. The van der Waals surface area contributed by atoms with E-state index in [2.05, 4.69) is 36.4 Å². The lowest BCUT2D eigenvalue weighted by molar-refractivity contribution is 0.205. The lowest BCUT2D eigenvalue weighted by atomic mass is 9.91. The minimum absolute atomic E-state index is 0.379. The Balaban J connectivity index is 1.99. The average Bonchev–Trinajstić information content (AvgIpc) is 2.84. The van der Waals surface area contributed by atoms with Gasteiger partial charge in [-0.2, -0.15) is 0 Å². The lowest BCUT2D eigenvalue weighted by Gasteiger charge is -2.35. The van der Waals surface area contributed by atoms with E-state index >= 15 is 0 Å². The fourth-order valence-corrected chi connectivity index (χ4v) is 3.23. The topological polar surface area (TPSA) is 28.4 Å². The Hall–Kier alpha value is -1.32. The van der Waals surface area contributed by atoms with E-state index in [4.69, 9.17) is 4.42 Å². The van der Waals surface area contributed by atoms with Crippen LogP contribution >= 0.6 is 0 Å². The van der Waals surface area contributed by atoms with Crippen molar-refractivity contribution in [2.75, 3.05) is 20.6 Å². The highest BCUT2D eigenvalue weighted by molar-refractivity contribution is 5.81. The fourth-order valence-electron chi connectivity index (χ4n) is 3.23. The van der Waals surface area contributed by atoms with Crippen LogP contribution in [0.3, 0.4) is 0 Å². The summed E-state index contributed by atoms with van der Waals surface area (Å²) in [5.74, 6) is 0. The number of nitrogens with one attached hydrogen (secondary N) is 1. The van der Waals surface area contributed by atoms with Gasteiger partial charge in [0, 0.05) is 17.0 Å². The molecular weight excluding hydrogens is 236 g/mol. The van der Waals surface area contributed by atoms with E-state index in [1.54, 1.807) is 0 Å². The van der Waals surface area contributed by atoms with E-state index in [-0.39, 0.29) is 0 Å². The number of rotatable bonds is 3. The predicted molar refractivity (Wildman–Crippen MR) is 78.3 cm³/mol. The highest BCUT2D eigenvalue weighted by Gasteiger charge is 2.28. The first-order valence-electron chi connectivity index (χ1n) is 7.13. The summed E-state index contributed by atoms with van der Waals surface area (Å²) in [6, 6.07) is 9.21. The molecule has 0 saturated carbocycles. The third-order valence-electron chi connectivity index (χ3n) is 4.12. The van der Waals surface area contributed by atoms with Crippen molar-refractivity contribution in [2.24, 2.45) is 0 Å². The summed E-state index contributed by atoms with van der Waals surface area (Å²) in [7, 11) is 4.31. The maximum Gasteiger partial charge on any atom is 0.134 e. The lowest BCUT2D eigenvalue weighted by Crippen LogP contribution is -2.43. The maximum atomic E-state index is 5.72. The van der Waals surface area contributed by atoms with E-state index in [9.17, 15) is 0 Å². The second-order valence-corrected chi connectivity index (χ2v) is 5.65. The summed E-state index contributed by atoms with van der Waals surface area (Å²) in [4.78, 5) is 2.31. The van der Waals surface area contributed by atoms with Crippen LogP contribution in [0.5, 0.6) is 0 Å². The van der Waals surface area contributed by atoms with Gasteiger partial charge in [0.15, 0.2) is 0 Å². The monoisotopic (exact) mass is 258 g/mol. The van der Waals surface area contributed by atoms with Gasteiger partial charge in [0.1, 0.15) is 5.58 Å². The minimum Gasteiger partial charge on any atom is -0.464 e. The zero-order valence-corrected chi connectivity index (χ0v) is 11.7. The average molecular weight is 258 g/mol. The first kappa shape index (κ1) is 12.7. The van der Waals surface area contributed by atoms with Crippen molar-refractivity contribution in [3.05, 3.63) is 36.1 Å². The van der Waals surface area contributed by atoms with E-state index < -0.39 is 0 Å². The standard InChI is InChI=1S/C16H22N2O/c1-18(2)16(14-8-5-6-10-17-14)13-11-19-15-9-4-3-7-12(13)15/h3-4,7,9,11,14,16-17H,5-6,8,10H2,1-2H3. The zero-order chi connectivity index (χ0) is 13.2. The summed E-state index contributed by atoms with van der Waals surface area (Å²) in [6.07, 6.45) is 5.79. The molecule has 2 heterocycles. The van der Waals surface area contributed by atoms with Crippen LogP contribution in [-0.2, 0) is 0 Å². The molecule has 1 saturated heterocycles. The highest BCUT2D eigenvalue weighted by Crippen LogP contribution is 2.33. The van der Waals surface area contributed by atoms with Crippen LogP contribution in [0.1, 0.15) is 30.9 Å². The van der Waals surface area contributed by atoms with Crippen molar-refractivity contribution in [1.82, 2.24) is 10.2 Å². The molecule has 1 fully saturated rings. The summed E-state index contributed by atoms with van der Waals surface area (Å²) >= 11 is 0. The van der Waals surface area contributed by atoms with Crippen molar-refractivity contribution in [3.63, 3.8) is 0 Å². The number of para-hydroxylation sites is 1. The SMILES string of the molecule is CN(C)C(c1coc2ccccc12)C1CCCCN1. The Morgan fingerprint density at radius 1 is 1.26 bits per heavy atom. The molecule has 0 aliphatic carbocycles. The van der Waals surface area contributed by atoms with E-state index in [1.165, 1.54) is 30.2 Å². The summed E-state index contributed by atoms with van der Waals surface area (Å²) in [5, 5.41) is 4.91. The maximum absolute atomic E-state index is 5.72. The van der Waals surface area contributed by atoms with Gasteiger partial charge in [-0.15, -0.1) is 0 Å². The van der Waals surface area contributed by atoms with Crippen molar-refractivity contribution >= 4 is 11.0 Å². The van der Waals surface area contributed by atoms with Crippen LogP contribution in [0.25, 0.3) is 11.0 Å². The number of hydrogen-bond acceptors (Lipinski definition) is 3. The molecule has 0 spiro atoms. The van der Waals surface area contributed by atoms with Gasteiger partial charge < -0.3 is 14.6 Å². The number of hydrogen-bond donors (Lipinski definition) is 1. The third-order valence-corrected chi connectivity index (χ3v) is 4.12. The van der Waals surface area contributed by atoms with Gasteiger partial charge in [-0.3, -0.25) is 0 Å². The van der Waals surface area contributed by atoms with Crippen molar-refractivity contribution in [2.45, 2.75) is 31.3 Å². The Bertz CT molecular complexity index is 540. The number of fused-ring (bicyclic) bond motifs is 1. The van der Waals surface area contributed by atoms with E-state index in [0.29, 0.717) is 12.1 Å². The second-order valence-electron chi connectivity index (χ2n) is 5.65. The number of likely N-dealkylation sites (N-methyl/N-ethyl adjacent to an activating group) is 1. The summed E-state index contributed by atoms with van der Waals surface area (Å²) in [5.41, 5.74) is 2.29. The van der Waals surface area contributed by atoms with Gasteiger partial charge in [-0.1, -0.05) is 24.6 Å². The quantitative estimate of drug-likeness (QED) is 0.916. The van der Waals surface area contributed by atoms with Gasteiger partial charge in [0.25, 0.3) is 0 Å². The van der Waals surface area contributed by atoms with Gasteiger partial charge >= 0.3 is 0 Å². The largest absolute Gasteiger partial charge is 0.464 e. The molecule has 2 atom stereocenters. The minimum atomic E-state index is 0.379. The van der Waals surface area contributed by atoms with Gasteiger partial charge in [-0.05, 0) is 39.5 Å².